The minimum absolute atomic E-state index is 0.666. The van der Waals surface area contributed by atoms with Crippen LogP contribution in [0.25, 0.3) is 28.3 Å². The summed E-state index contributed by atoms with van der Waals surface area (Å²) in [6.07, 6.45) is 5.20. The summed E-state index contributed by atoms with van der Waals surface area (Å²) in [6, 6.07) is 18.8. The van der Waals surface area contributed by atoms with Gasteiger partial charge in [-0.2, -0.15) is 5.26 Å². The second-order valence-electron chi connectivity index (χ2n) is 8.93. The standard InChI is InChI=1S/C26H25N7/c1-28-13-19-8-9-31(14-19)23-6-7-24-22(10-23)16-32-15-21(20-4-2-18(12-27)3-5-20)11-25(32)26-30-29-17-33(24)26/h2-7,10-11,15,17,19,28H,8-9,13-14,16H2,1H3. The van der Waals surface area contributed by atoms with Crippen molar-refractivity contribution >= 4 is 5.69 Å². The monoisotopic (exact) mass is 435 g/mol. The summed E-state index contributed by atoms with van der Waals surface area (Å²) in [6.45, 7) is 4.03. The van der Waals surface area contributed by atoms with E-state index in [4.69, 9.17) is 5.26 Å². The Bertz CT molecular complexity index is 1360. The molecule has 4 heterocycles. The molecule has 7 heteroatoms. The topological polar surface area (TPSA) is 74.7 Å². The molecule has 0 bridgehead atoms. The zero-order chi connectivity index (χ0) is 22.4. The van der Waals surface area contributed by atoms with Crippen LogP contribution in [-0.2, 0) is 6.54 Å². The molecule has 1 fully saturated rings. The van der Waals surface area contributed by atoms with E-state index in [1.807, 2.05) is 31.3 Å². The van der Waals surface area contributed by atoms with E-state index >= 15 is 0 Å². The number of anilines is 1. The first kappa shape index (κ1) is 19.8. The smallest absolute Gasteiger partial charge is 0.185 e. The van der Waals surface area contributed by atoms with Gasteiger partial charge in [0, 0.05) is 37.1 Å². The van der Waals surface area contributed by atoms with E-state index in [1.165, 1.54) is 17.7 Å². The molecule has 1 saturated heterocycles. The molecular weight excluding hydrogens is 410 g/mol. The Labute approximate surface area is 192 Å². The molecule has 4 aromatic rings. The van der Waals surface area contributed by atoms with Crippen LogP contribution in [-0.4, -0.2) is 46.0 Å². The summed E-state index contributed by atoms with van der Waals surface area (Å²) in [5.41, 5.74) is 7.57. The van der Waals surface area contributed by atoms with Gasteiger partial charge in [0.15, 0.2) is 5.82 Å². The van der Waals surface area contributed by atoms with Crippen LogP contribution in [0.2, 0.25) is 0 Å². The lowest BCUT2D eigenvalue weighted by atomic mass is 10.1. The average Bonchev–Trinajstić information content (AvgIpc) is 3.58. The first-order valence-corrected chi connectivity index (χ1v) is 11.4. The highest BCUT2D eigenvalue weighted by atomic mass is 15.3. The zero-order valence-corrected chi connectivity index (χ0v) is 18.6. The zero-order valence-electron chi connectivity index (χ0n) is 18.6. The van der Waals surface area contributed by atoms with Crippen molar-refractivity contribution in [3.8, 4) is 34.4 Å². The van der Waals surface area contributed by atoms with E-state index in [1.54, 1.807) is 6.33 Å². The summed E-state index contributed by atoms with van der Waals surface area (Å²) in [5, 5.41) is 21.1. The molecule has 1 unspecified atom stereocenters. The summed E-state index contributed by atoms with van der Waals surface area (Å²) in [7, 11) is 2.03. The third-order valence-electron chi connectivity index (χ3n) is 6.83. The number of aromatic nitrogens is 4. The van der Waals surface area contributed by atoms with E-state index in [-0.39, 0.29) is 0 Å². The SMILES string of the molecule is CNCC1CCN(c2ccc3c(c2)Cn2cc(-c4ccc(C#N)cc4)cc2-c2nncn2-3)C1. The van der Waals surface area contributed by atoms with Crippen LogP contribution in [0.3, 0.4) is 0 Å². The molecule has 0 aliphatic carbocycles. The number of nitriles is 1. The van der Waals surface area contributed by atoms with Gasteiger partial charge in [0.05, 0.1) is 23.0 Å². The fraction of sp³-hybridized carbons (Fsp3) is 0.269. The Hall–Kier alpha value is -3.89. The second-order valence-corrected chi connectivity index (χ2v) is 8.93. The van der Waals surface area contributed by atoms with Gasteiger partial charge in [0.2, 0.25) is 0 Å². The maximum Gasteiger partial charge on any atom is 0.185 e. The molecule has 2 aliphatic heterocycles. The number of nitrogens with one attached hydrogen (secondary N) is 1. The largest absolute Gasteiger partial charge is 0.371 e. The molecular formula is C26H25N7. The van der Waals surface area contributed by atoms with E-state index in [0.29, 0.717) is 11.5 Å². The van der Waals surface area contributed by atoms with Gasteiger partial charge in [-0.1, -0.05) is 12.1 Å². The molecule has 164 valence electrons. The molecule has 6 rings (SSSR count). The average molecular weight is 436 g/mol. The van der Waals surface area contributed by atoms with Gasteiger partial charge < -0.3 is 14.8 Å². The van der Waals surface area contributed by atoms with Gasteiger partial charge in [-0.05, 0) is 73.5 Å². The van der Waals surface area contributed by atoms with E-state index in [2.05, 4.69) is 66.1 Å². The Kier molecular flexibility index (Phi) is 4.74. The van der Waals surface area contributed by atoms with E-state index < -0.39 is 0 Å². The van der Waals surface area contributed by atoms with Gasteiger partial charge in [-0.25, -0.2) is 0 Å². The minimum atomic E-state index is 0.666. The molecule has 7 nitrogen and oxygen atoms in total. The maximum absolute atomic E-state index is 9.11. The highest BCUT2D eigenvalue weighted by Crippen LogP contribution is 2.35. The molecule has 0 saturated carbocycles. The van der Waals surface area contributed by atoms with Gasteiger partial charge in [0.1, 0.15) is 6.33 Å². The fourth-order valence-corrected chi connectivity index (χ4v) is 5.15. The van der Waals surface area contributed by atoms with Crippen LogP contribution in [0.1, 0.15) is 17.5 Å². The number of hydrogen-bond donors (Lipinski definition) is 1. The number of fused-ring (bicyclic) bond motifs is 5. The predicted molar refractivity (Wildman–Crippen MR) is 128 cm³/mol. The number of rotatable bonds is 4. The summed E-state index contributed by atoms with van der Waals surface area (Å²) < 4.78 is 4.35. The summed E-state index contributed by atoms with van der Waals surface area (Å²) in [4.78, 5) is 2.50. The lowest BCUT2D eigenvalue weighted by Gasteiger charge is -2.21. The predicted octanol–water partition coefficient (Wildman–Crippen LogP) is 3.68. The van der Waals surface area contributed by atoms with Gasteiger partial charge >= 0.3 is 0 Å². The van der Waals surface area contributed by atoms with Crippen LogP contribution in [0.4, 0.5) is 5.69 Å². The summed E-state index contributed by atoms with van der Waals surface area (Å²) in [5.74, 6) is 1.54. The summed E-state index contributed by atoms with van der Waals surface area (Å²) >= 11 is 0. The first-order valence-electron chi connectivity index (χ1n) is 11.4. The van der Waals surface area contributed by atoms with Crippen molar-refractivity contribution in [2.45, 2.75) is 13.0 Å². The number of nitrogens with zero attached hydrogens (tertiary/aromatic N) is 6. The van der Waals surface area contributed by atoms with Crippen molar-refractivity contribution in [3.05, 3.63) is 72.2 Å². The highest BCUT2D eigenvalue weighted by molar-refractivity contribution is 5.72. The maximum atomic E-state index is 9.11. The molecule has 0 radical (unpaired) electrons. The van der Waals surface area contributed by atoms with Crippen LogP contribution < -0.4 is 10.2 Å². The molecule has 2 aromatic carbocycles. The highest BCUT2D eigenvalue weighted by Gasteiger charge is 2.25. The van der Waals surface area contributed by atoms with Crippen LogP contribution >= 0.6 is 0 Å². The van der Waals surface area contributed by atoms with Crippen molar-refractivity contribution < 1.29 is 0 Å². The Morgan fingerprint density at radius 1 is 1.12 bits per heavy atom. The molecule has 1 N–H and O–H groups in total. The van der Waals surface area contributed by atoms with Gasteiger partial charge in [0.25, 0.3) is 0 Å². The third kappa shape index (κ3) is 3.40. The van der Waals surface area contributed by atoms with Crippen LogP contribution in [0.15, 0.2) is 61.1 Å². The van der Waals surface area contributed by atoms with E-state index in [9.17, 15) is 0 Å². The molecule has 0 amide bonds. The minimum Gasteiger partial charge on any atom is -0.371 e. The normalized spacial score (nSPS) is 16.6. The molecule has 2 aliphatic rings. The van der Waals surface area contributed by atoms with Crippen molar-refractivity contribution in [2.75, 3.05) is 31.6 Å². The van der Waals surface area contributed by atoms with Crippen LogP contribution in [0.5, 0.6) is 0 Å². The van der Waals surface area contributed by atoms with Gasteiger partial charge in [-0.3, -0.25) is 4.57 Å². The fourth-order valence-electron chi connectivity index (χ4n) is 5.15. The number of benzene rings is 2. The molecule has 1 atom stereocenters. The van der Waals surface area contributed by atoms with Crippen molar-refractivity contribution in [3.63, 3.8) is 0 Å². The van der Waals surface area contributed by atoms with E-state index in [0.717, 1.165) is 54.5 Å². The Morgan fingerprint density at radius 2 is 2.00 bits per heavy atom. The molecule has 2 aromatic heterocycles. The first-order chi connectivity index (χ1) is 16.2. The lowest BCUT2D eigenvalue weighted by Crippen LogP contribution is -2.24. The molecule has 0 spiro atoms. The second kappa shape index (κ2) is 7.91. The third-order valence-corrected chi connectivity index (χ3v) is 6.83. The Morgan fingerprint density at radius 3 is 2.82 bits per heavy atom. The Balaban J connectivity index is 1.39. The van der Waals surface area contributed by atoms with Crippen molar-refractivity contribution in [1.82, 2.24) is 24.6 Å². The molecule has 33 heavy (non-hydrogen) atoms. The van der Waals surface area contributed by atoms with Crippen molar-refractivity contribution in [1.29, 1.82) is 5.26 Å². The van der Waals surface area contributed by atoms with Crippen molar-refractivity contribution in [2.24, 2.45) is 5.92 Å². The quantitative estimate of drug-likeness (QED) is 0.466. The number of hydrogen-bond acceptors (Lipinski definition) is 5. The lowest BCUT2D eigenvalue weighted by molar-refractivity contribution is 0.549. The van der Waals surface area contributed by atoms with Crippen LogP contribution in [0, 0.1) is 17.2 Å². The van der Waals surface area contributed by atoms with Gasteiger partial charge in [-0.15, -0.1) is 10.2 Å².